The van der Waals surface area contributed by atoms with Gasteiger partial charge >= 0.3 is 27.6 Å². The molecule has 0 aromatic rings. The highest BCUT2D eigenvalue weighted by atomic mass is 31.2. The van der Waals surface area contributed by atoms with Crippen LogP contribution in [-0.2, 0) is 41.8 Å². The monoisotopic (exact) mass is 1000 g/mol. The van der Waals surface area contributed by atoms with Gasteiger partial charge in [-0.1, -0.05) is 137 Å². The zero-order chi connectivity index (χ0) is 50.5. The van der Waals surface area contributed by atoms with Crippen molar-refractivity contribution in [1.29, 1.82) is 0 Å². The third-order valence-corrected chi connectivity index (χ3v) is 12.0. The summed E-state index contributed by atoms with van der Waals surface area (Å²) in [4.78, 5) is 54.3. The summed E-state index contributed by atoms with van der Waals surface area (Å²) in [6.07, 6.45) is 29.8. The van der Waals surface area contributed by atoms with Crippen molar-refractivity contribution in [2.24, 2.45) is 0 Å². The average molecular weight is 1010 g/mol. The number of carbonyl (C=O) groups excluding carboxylic acids is 2. The topological polar surface area (TPSA) is 276 Å². The van der Waals surface area contributed by atoms with Crippen LogP contribution in [-0.4, -0.2) is 114 Å². The second kappa shape index (κ2) is 38.8. The highest BCUT2D eigenvalue weighted by Crippen LogP contribution is 2.49. The Morgan fingerprint density at radius 1 is 0.544 bits per heavy atom. The van der Waals surface area contributed by atoms with E-state index in [1.807, 2.05) is 18.2 Å². The summed E-state index contributed by atoms with van der Waals surface area (Å²) in [7, 11) is -10.7. The van der Waals surface area contributed by atoms with Crippen molar-refractivity contribution in [2.45, 2.75) is 198 Å². The number of phosphoric ester groups is 2. The number of carbonyl (C=O) groups is 2. The maximum Gasteiger partial charge on any atom is 0.472 e. The molecule has 8 N–H and O–H groups in total. The Labute approximate surface area is 404 Å². The largest absolute Gasteiger partial charge is 0.472 e. The third-order valence-electron chi connectivity index (χ3n) is 10.5. The zero-order valence-electron chi connectivity index (χ0n) is 40.1. The molecule has 6 unspecified atom stereocenters. The molecule has 0 aliphatic heterocycles. The minimum Gasteiger partial charge on any atom is -0.462 e. The summed E-state index contributed by atoms with van der Waals surface area (Å²) in [5, 5.41) is 51.4. The summed E-state index contributed by atoms with van der Waals surface area (Å²) in [6.45, 7) is 2.90. The van der Waals surface area contributed by atoms with Crippen LogP contribution in [0, 0.1) is 0 Å². The fraction of sp³-hybridized carbons (Fsp3) is 0.673. The van der Waals surface area contributed by atoms with Crippen molar-refractivity contribution in [3.05, 3.63) is 85.1 Å². The fourth-order valence-corrected chi connectivity index (χ4v) is 8.23. The van der Waals surface area contributed by atoms with Crippen LogP contribution in [0.3, 0.4) is 0 Å². The molecule has 0 aromatic carbocycles. The van der Waals surface area contributed by atoms with E-state index in [1.165, 1.54) is 38.5 Å². The highest BCUT2D eigenvalue weighted by Gasteiger charge is 2.54. The predicted octanol–water partition coefficient (Wildman–Crippen LogP) is 8.36. The standard InChI is InChI=1S/C49H82O17P2/c1-3-5-7-9-11-13-14-15-16-17-18-19-20-22-24-28-33-37-43(52)64-41(39-63-68(60,61)66-49-46(55)44(53)45(54)48(47(49)56)65-67(57,58)59)38-62-42(51)36-32-29-25-27-31-35-40(50)34-30-26-23-21-12-10-8-6-4-2/h11-13,15-16,18-19,21,25-27,30-31,35,40-41,44-50,53-56H,3-10,14,17,20,22-24,28-29,32-34,36-39H2,1-2H3,(H,60,61)(H2,57,58,59)/b13-11-,16-15-,19-18-,21-12-,27-25+,30-26-,35-31-/t40?,41-,44?,45?,46?,47?,48-,49+/m1/s1. The van der Waals surface area contributed by atoms with Crippen LogP contribution in [0.25, 0.3) is 0 Å². The highest BCUT2D eigenvalue weighted by molar-refractivity contribution is 7.47. The minimum absolute atomic E-state index is 0.0155. The van der Waals surface area contributed by atoms with Gasteiger partial charge in [0.05, 0.1) is 12.7 Å². The Balaban J connectivity index is 2.68. The first-order chi connectivity index (χ1) is 32.5. The third kappa shape index (κ3) is 32.9. The van der Waals surface area contributed by atoms with Crippen molar-refractivity contribution in [2.75, 3.05) is 13.2 Å². The van der Waals surface area contributed by atoms with E-state index in [4.69, 9.17) is 18.5 Å². The molecule has 1 aliphatic carbocycles. The van der Waals surface area contributed by atoms with Crippen molar-refractivity contribution in [3.8, 4) is 0 Å². The number of ether oxygens (including phenoxy) is 2. The molecule has 1 aliphatic rings. The van der Waals surface area contributed by atoms with Crippen LogP contribution in [0.2, 0.25) is 0 Å². The number of allylic oxidation sites excluding steroid dienone is 12. The molecular formula is C49H82O17P2. The molecule has 0 spiro atoms. The van der Waals surface area contributed by atoms with Crippen LogP contribution >= 0.6 is 15.6 Å². The number of aliphatic hydroxyl groups excluding tert-OH is 5. The number of hydrogen-bond donors (Lipinski definition) is 8. The molecule has 0 aromatic heterocycles. The smallest absolute Gasteiger partial charge is 0.462 e. The van der Waals surface area contributed by atoms with Crippen LogP contribution in [0.1, 0.15) is 149 Å². The Morgan fingerprint density at radius 2 is 1.04 bits per heavy atom. The van der Waals surface area contributed by atoms with E-state index in [0.717, 1.165) is 57.8 Å². The SMILES string of the molecule is CCCCC/C=C\C/C=C\C/C=C\CCCCCCC(=O)O[C@H](COC(=O)CCC/C=C/C=C\C(O)C/C=C\C/C=C\CCCCC)COP(=O)(O)O[C@H]1C(O)C(O)C(O)[C@@H](OP(=O)(O)O)C1O. The van der Waals surface area contributed by atoms with Gasteiger partial charge in [-0.3, -0.25) is 23.2 Å². The van der Waals surface area contributed by atoms with E-state index in [2.05, 4.69) is 67.0 Å². The van der Waals surface area contributed by atoms with E-state index in [9.17, 15) is 58.9 Å². The Morgan fingerprint density at radius 3 is 1.62 bits per heavy atom. The molecule has 68 heavy (non-hydrogen) atoms. The number of unbranched alkanes of at least 4 members (excludes halogenated alkanes) is 11. The molecule has 1 saturated carbocycles. The number of rotatable bonds is 39. The van der Waals surface area contributed by atoms with Crippen molar-refractivity contribution < 1.29 is 82.0 Å². The van der Waals surface area contributed by atoms with Gasteiger partial charge in [0.15, 0.2) is 6.10 Å². The maximum absolute atomic E-state index is 13.0. The van der Waals surface area contributed by atoms with Crippen LogP contribution < -0.4 is 0 Å². The summed E-state index contributed by atoms with van der Waals surface area (Å²) in [5.41, 5.74) is 0. The molecule has 0 amide bonds. The maximum atomic E-state index is 13.0. The van der Waals surface area contributed by atoms with Gasteiger partial charge in [-0.25, -0.2) is 9.13 Å². The van der Waals surface area contributed by atoms with Crippen LogP contribution in [0.5, 0.6) is 0 Å². The molecule has 0 saturated heterocycles. The quantitative estimate of drug-likeness (QED) is 0.00944. The number of hydrogen-bond acceptors (Lipinski definition) is 14. The molecule has 0 bridgehead atoms. The fourth-order valence-electron chi connectivity index (χ4n) is 6.69. The molecule has 9 atom stereocenters. The number of esters is 2. The lowest BCUT2D eigenvalue weighted by molar-refractivity contribution is -0.216. The first kappa shape index (κ1) is 63.2. The van der Waals surface area contributed by atoms with Crippen LogP contribution in [0.15, 0.2) is 85.1 Å². The Bertz CT molecular complexity index is 1650. The van der Waals surface area contributed by atoms with Gasteiger partial charge in [0.2, 0.25) is 0 Å². The van der Waals surface area contributed by atoms with Crippen LogP contribution in [0.4, 0.5) is 0 Å². The lowest BCUT2D eigenvalue weighted by Gasteiger charge is -2.43. The molecular weight excluding hydrogens is 922 g/mol. The van der Waals surface area contributed by atoms with Gasteiger partial charge in [-0.15, -0.1) is 0 Å². The Hall–Kier alpha value is -2.86. The molecule has 17 nitrogen and oxygen atoms in total. The molecule has 19 heteroatoms. The van der Waals surface area contributed by atoms with Gasteiger partial charge in [0.1, 0.15) is 43.2 Å². The second-order valence-corrected chi connectivity index (χ2v) is 19.3. The minimum atomic E-state index is -5.39. The second-order valence-electron chi connectivity index (χ2n) is 16.7. The van der Waals surface area contributed by atoms with Gasteiger partial charge in [0.25, 0.3) is 0 Å². The van der Waals surface area contributed by atoms with E-state index < -0.39 is 89.6 Å². The number of phosphoric acid groups is 2. The van der Waals surface area contributed by atoms with E-state index in [-0.39, 0.29) is 12.8 Å². The zero-order valence-corrected chi connectivity index (χ0v) is 41.9. The first-order valence-electron chi connectivity index (χ1n) is 24.2. The van der Waals surface area contributed by atoms with E-state index in [1.54, 1.807) is 18.2 Å². The lowest BCUT2D eigenvalue weighted by atomic mass is 9.85. The lowest BCUT2D eigenvalue weighted by Crippen LogP contribution is -2.64. The van der Waals surface area contributed by atoms with Gasteiger partial charge in [-0.05, 0) is 83.5 Å². The summed E-state index contributed by atoms with van der Waals surface area (Å²) in [6, 6.07) is 0. The van der Waals surface area contributed by atoms with Gasteiger partial charge in [0, 0.05) is 12.8 Å². The molecule has 1 rings (SSSR count). The van der Waals surface area contributed by atoms with Gasteiger partial charge < -0.3 is 49.7 Å². The predicted molar refractivity (Wildman–Crippen MR) is 261 cm³/mol. The van der Waals surface area contributed by atoms with E-state index in [0.29, 0.717) is 25.7 Å². The van der Waals surface area contributed by atoms with Crippen molar-refractivity contribution in [3.63, 3.8) is 0 Å². The Kier molecular flexibility index (Phi) is 36.1. The van der Waals surface area contributed by atoms with Gasteiger partial charge in [-0.2, -0.15) is 0 Å². The normalized spacial score (nSPS) is 22.4. The summed E-state index contributed by atoms with van der Waals surface area (Å²) >= 11 is 0. The molecule has 390 valence electrons. The van der Waals surface area contributed by atoms with E-state index >= 15 is 0 Å². The molecule has 0 heterocycles. The summed E-state index contributed by atoms with van der Waals surface area (Å²) < 4.78 is 49.3. The number of aliphatic hydroxyl groups is 5. The first-order valence-corrected chi connectivity index (χ1v) is 27.3. The van der Waals surface area contributed by atoms with Crippen molar-refractivity contribution in [1.82, 2.24) is 0 Å². The molecule has 1 fully saturated rings. The summed E-state index contributed by atoms with van der Waals surface area (Å²) in [5.74, 6) is -1.37. The molecule has 0 radical (unpaired) electrons. The average Bonchev–Trinajstić information content (AvgIpc) is 3.29. The van der Waals surface area contributed by atoms with Crippen molar-refractivity contribution >= 4 is 27.6 Å².